The van der Waals surface area contributed by atoms with Crippen LogP contribution in [0.15, 0.2) is 0 Å². The molecule has 0 radical (unpaired) electrons. The number of hydrogen-bond donors (Lipinski definition) is 1. The van der Waals surface area contributed by atoms with Crippen LogP contribution >= 0.6 is 0 Å². The van der Waals surface area contributed by atoms with Crippen molar-refractivity contribution in [1.82, 2.24) is 13.9 Å². The molecule has 1 aliphatic rings. The summed E-state index contributed by atoms with van der Waals surface area (Å²) in [5, 5.41) is 3.23. The molecular formula is C9H21N3O2S. The lowest BCUT2D eigenvalue weighted by Gasteiger charge is -2.34. The van der Waals surface area contributed by atoms with Crippen LogP contribution in [0.25, 0.3) is 0 Å². The fraction of sp³-hybridized carbons (Fsp3) is 1.00. The van der Waals surface area contributed by atoms with Crippen LogP contribution in [0.3, 0.4) is 0 Å². The highest BCUT2D eigenvalue weighted by Gasteiger charge is 2.30. The molecule has 15 heavy (non-hydrogen) atoms. The van der Waals surface area contributed by atoms with Gasteiger partial charge in [-0.2, -0.15) is 17.0 Å². The molecule has 1 saturated heterocycles. The van der Waals surface area contributed by atoms with Gasteiger partial charge in [-0.15, -0.1) is 0 Å². The minimum Gasteiger partial charge on any atom is -0.312 e. The topological polar surface area (TPSA) is 52.7 Å². The van der Waals surface area contributed by atoms with Gasteiger partial charge in [-0.1, -0.05) is 13.8 Å². The van der Waals surface area contributed by atoms with Gasteiger partial charge in [-0.3, -0.25) is 0 Å². The van der Waals surface area contributed by atoms with E-state index in [0.29, 0.717) is 26.2 Å². The van der Waals surface area contributed by atoms with E-state index < -0.39 is 10.2 Å². The molecule has 1 rings (SSSR count). The molecule has 90 valence electrons. The Morgan fingerprint density at radius 1 is 1.40 bits per heavy atom. The molecule has 0 saturated carbocycles. The summed E-state index contributed by atoms with van der Waals surface area (Å²) in [4.78, 5) is 0. The average molecular weight is 235 g/mol. The summed E-state index contributed by atoms with van der Waals surface area (Å²) < 4.78 is 27.3. The Balaban J connectivity index is 2.75. The lowest BCUT2D eigenvalue weighted by Crippen LogP contribution is -2.55. The highest BCUT2D eigenvalue weighted by atomic mass is 32.2. The summed E-state index contributed by atoms with van der Waals surface area (Å²) in [6.45, 7) is 8.70. The summed E-state index contributed by atoms with van der Waals surface area (Å²) in [6, 6.07) is 0.240. The van der Waals surface area contributed by atoms with Crippen LogP contribution in [-0.2, 0) is 10.2 Å². The van der Waals surface area contributed by atoms with Gasteiger partial charge in [0.2, 0.25) is 0 Å². The highest BCUT2D eigenvalue weighted by Crippen LogP contribution is 2.10. The summed E-state index contributed by atoms with van der Waals surface area (Å²) >= 11 is 0. The summed E-state index contributed by atoms with van der Waals surface area (Å²) in [5.74, 6) is 0. The van der Waals surface area contributed by atoms with Gasteiger partial charge in [0.15, 0.2) is 0 Å². The average Bonchev–Trinajstić information content (AvgIpc) is 2.19. The van der Waals surface area contributed by atoms with Crippen molar-refractivity contribution in [3.8, 4) is 0 Å². The molecule has 0 aliphatic carbocycles. The van der Waals surface area contributed by atoms with Crippen molar-refractivity contribution in [2.24, 2.45) is 0 Å². The summed E-state index contributed by atoms with van der Waals surface area (Å²) in [6.07, 6.45) is 0. The maximum Gasteiger partial charge on any atom is 0.282 e. The Hall–Kier alpha value is -0.170. The summed E-state index contributed by atoms with van der Waals surface area (Å²) in [5.41, 5.74) is 0. The molecule has 1 heterocycles. The van der Waals surface area contributed by atoms with Crippen LogP contribution in [-0.4, -0.2) is 55.8 Å². The van der Waals surface area contributed by atoms with Crippen molar-refractivity contribution >= 4 is 10.2 Å². The van der Waals surface area contributed by atoms with E-state index in [1.54, 1.807) is 4.31 Å². The molecule has 0 amide bonds. The highest BCUT2D eigenvalue weighted by molar-refractivity contribution is 7.86. The predicted octanol–water partition coefficient (Wildman–Crippen LogP) is -0.133. The molecule has 0 aromatic rings. The molecule has 1 N–H and O–H groups in total. The van der Waals surface area contributed by atoms with Crippen LogP contribution in [0.1, 0.15) is 20.8 Å². The Bertz CT molecular complexity index is 288. The van der Waals surface area contributed by atoms with Crippen LogP contribution in [0.5, 0.6) is 0 Å². The van der Waals surface area contributed by atoms with E-state index in [1.807, 2.05) is 20.8 Å². The number of rotatable bonds is 4. The Morgan fingerprint density at radius 2 is 2.00 bits per heavy atom. The molecule has 0 aromatic carbocycles. The first-order valence-electron chi connectivity index (χ1n) is 5.51. The van der Waals surface area contributed by atoms with E-state index in [0.717, 1.165) is 6.54 Å². The Labute approximate surface area is 92.6 Å². The van der Waals surface area contributed by atoms with Gasteiger partial charge in [0.1, 0.15) is 0 Å². The van der Waals surface area contributed by atoms with E-state index in [2.05, 4.69) is 5.32 Å². The zero-order valence-corrected chi connectivity index (χ0v) is 10.5. The smallest absolute Gasteiger partial charge is 0.282 e. The SMILES string of the molecule is CCN(CC)S(=O)(=O)N1CCNC(C)C1. The molecule has 0 bridgehead atoms. The second-order valence-electron chi connectivity index (χ2n) is 3.81. The Morgan fingerprint density at radius 3 is 2.47 bits per heavy atom. The fourth-order valence-corrected chi connectivity index (χ4v) is 3.53. The van der Waals surface area contributed by atoms with Gasteiger partial charge in [-0.25, -0.2) is 0 Å². The Kier molecular flexibility index (Phi) is 4.51. The van der Waals surface area contributed by atoms with Gasteiger partial charge < -0.3 is 5.32 Å². The van der Waals surface area contributed by atoms with Crippen LogP contribution in [0, 0.1) is 0 Å². The van der Waals surface area contributed by atoms with Gasteiger partial charge in [-0.05, 0) is 6.92 Å². The largest absolute Gasteiger partial charge is 0.312 e. The number of piperazine rings is 1. The van der Waals surface area contributed by atoms with E-state index in [4.69, 9.17) is 0 Å². The molecule has 1 fully saturated rings. The molecule has 5 nitrogen and oxygen atoms in total. The monoisotopic (exact) mass is 235 g/mol. The lowest BCUT2D eigenvalue weighted by atomic mass is 10.3. The first-order chi connectivity index (χ1) is 7.02. The first kappa shape index (κ1) is 12.9. The molecule has 1 atom stereocenters. The maximum absolute atomic E-state index is 12.1. The maximum atomic E-state index is 12.1. The van der Waals surface area contributed by atoms with Crippen LogP contribution in [0.4, 0.5) is 0 Å². The zero-order chi connectivity index (χ0) is 11.5. The lowest BCUT2D eigenvalue weighted by molar-refractivity contribution is 0.284. The van der Waals surface area contributed by atoms with Gasteiger partial charge in [0, 0.05) is 38.8 Å². The summed E-state index contributed by atoms with van der Waals surface area (Å²) in [7, 11) is -3.23. The third-order valence-electron chi connectivity index (χ3n) is 2.69. The standard InChI is InChI=1S/C9H21N3O2S/c1-4-11(5-2)15(13,14)12-7-6-10-9(3)8-12/h9-10H,4-8H2,1-3H3. The number of nitrogens with one attached hydrogen (secondary N) is 1. The second kappa shape index (κ2) is 5.25. The van der Waals surface area contributed by atoms with Crippen molar-refractivity contribution in [1.29, 1.82) is 0 Å². The second-order valence-corrected chi connectivity index (χ2v) is 5.73. The van der Waals surface area contributed by atoms with Gasteiger partial charge >= 0.3 is 0 Å². The predicted molar refractivity (Wildman–Crippen MR) is 60.9 cm³/mol. The van der Waals surface area contributed by atoms with Crippen molar-refractivity contribution in [3.05, 3.63) is 0 Å². The van der Waals surface area contributed by atoms with Crippen LogP contribution < -0.4 is 5.32 Å². The van der Waals surface area contributed by atoms with E-state index in [1.165, 1.54) is 4.31 Å². The van der Waals surface area contributed by atoms with E-state index >= 15 is 0 Å². The molecule has 1 aliphatic heterocycles. The van der Waals surface area contributed by atoms with E-state index in [-0.39, 0.29) is 6.04 Å². The molecular weight excluding hydrogens is 214 g/mol. The van der Waals surface area contributed by atoms with Crippen molar-refractivity contribution < 1.29 is 8.42 Å². The molecule has 6 heteroatoms. The molecule has 0 aromatic heterocycles. The van der Waals surface area contributed by atoms with Crippen molar-refractivity contribution in [2.75, 3.05) is 32.7 Å². The zero-order valence-electron chi connectivity index (χ0n) is 9.73. The number of hydrogen-bond acceptors (Lipinski definition) is 3. The van der Waals surface area contributed by atoms with Crippen molar-refractivity contribution in [2.45, 2.75) is 26.8 Å². The third-order valence-corrected chi connectivity index (χ3v) is 4.84. The first-order valence-corrected chi connectivity index (χ1v) is 6.90. The van der Waals surface area contributed by atoms with Gasteiger partial charge in [0.05, 0.1) is 0 Å². The normalized spacial score (nSPS) is 24.7. The van der Waals surface area contributed by atoms with E-state index in [9.17, 15) is 8.42 Å². The quantitative estimate of drug-likeness (QED) is 0.738. The van der Waals surface area contributed by atoms with Gasteiger partial charge in [0.25, 0.3) is 10.2 Å². The van der Waals surface area contributed by atoms with Crippen LogP contribution in [0.2, 0.25) is 0 Å². The van der Waals surface area contributed by atoms with Crippen molar-refractivity contribution in [3.63, 3.8) is 0 Å². The number of nitrogens with zero attached hydrogens (tertiary/aromatic N) is 2. The minimum atomic E-state index is -3.23. The fourth-order valence-electron chi connectivity index (χ4n) is 1.82. The third kappa shape index (κ3) is 2.90. The molecule has 1 unspecified atom stereocenters. The molecule has 0 spiro atoms. The minimum absolute atomic E-state index is 0.240.